The van der Waals surface area contributed by atoms with Crippen LogP contribution in [-0.4, -0.2) is 63.6 Å². The molecule has 2 aliphatic rings. The lowest BCUT2D eigenvalue weighted by molar-refractivity contribution is -0.169. The Bertz CT molecular complexity index is 262. The van der Waals surface area contributed by atoms with Crippen molar-refractivity contribution >= 4 is 6.09 Å². The van der Waals surface area contributed by atoms with Crippen molar-refractivity contribution in [2.75, 3.05) is 6.61 Å². The first-order valence-electron chi connectivity index (χ1n) is 4.17. The number of fused-ring (bicyclic) bond motifs is 1. The molecule has 6 nitrogen and oxygen atoms in total. The smallest absolute Gasteiger partial charge is 0.412 e. The van der Waals surface area contributed by atoms with Gasteiger partial charge in [-0.15, -0.1) is 0 Å². The predicted octanol–water partition coefficient (Wildman–Crippen LogP) is -1.80. The van der Waals surface area contributed by atoms with Gasteiger partial charge in [-0.1, -0.05) is 0 Å². The van der Waals surface area contributed by atoms with Crippen LogP contribution >= 0.6 is 0 Å². The summed E-state index contributed by atoms with van der Waals surface area (Å²) >= 11 is 0. The van der Waals surface area contributed by atoms with E-state index in [9.17, 15) is 24.5 Å². The van der Waals surface area contributed by atoms with Crippen molar-refractivity contribution in [2.24, 2.45) is 0 Å². The Kier molecular flexibility index (Phi) is 2.09. The number of nitrogens with zero attached hydrogens (tertiary/aromatic N) is 1. The molecular weight excluding hydrogens is 197 g/mol. The molecule has 7 heteroatoms. The van der Waals surface area contributed by atoms with Crippen LogP contribution in [-0.2, 0) is 4.74 Å². The molecule has 0 saturated carbocycles. The maximum atomic E-state index is 13.1. The van der Waals surface area contributed by atoms with Crippen LogP contribution in [0.3, 0.4) is 0 Å². The van der Waals surface area contributed by atoms with Crippen LogP contribution < -0.4 is 0 Å². The average Bonchev–Trinajstić information content (AvgIpc) is 2.54. The van der Waals surface area contributed by atoms with Crippen molar-refractivity contribution in [1.29, 1.82) is 0 Å². The number of hydrogen-bond acceptors (Lipinski definition) is 5. The zero-order valence-electron chi connectivity index (χ0n) is 7.08. The summed E-state index contributed by atoms with van der Waals surface area (Å²) in [6.07, 6.45) is -7.84. The molecular formula is C7H10FNO5. The number of alkyl halides is 1. The number of amides is 1. The summed E-state index contributed by atoms with van der Waals surface area (Å²) in [4.78, 5) is 11.7. The van der Waals surface area contributed by atoms with Crippen molar-refractivity contribution in [3.63, 3.8) is 0 Å². The van der Waals surface area contributed by atoms with Gasteiger partial charge in [0.1, 0.15) is 24.9 Å². The second kappa shape index (κ2) is 3.04. The highest BCUT2D eigenvalue weighted by Crippen LogP contribution is 2.29. The van der Waals surface area contributed by atoms with Crippen LogP contribution in [0.25, 0.3) is 0 Å². The summed E-state index contributed by atoms with van der Waals surface area (Å²) in [5.41, 5.74) is 0. The molecule has 2 fully saturated rings. The van der Waals surface area contributed by atoms with Crippen molar-refractivity contribution in [1.82, 2.24) is 4.90 Å². The molecule has 2 aliphatic heterocycles. The number of carbonyl (C=O) groups excluding carboxylic acids is 1. The van der Waals surface area contributed by atoms with E-state index in [4.69, 9.17) is 0 Å². The number of aliphatic hydroxyl groups is 3. The van der Waals surface area contributed by atoms with E-state index in [-0.39, 0.29) is 6.61 Å². The van der Waals surface area contributed by atoms with E-state index in [0.717, 1.165) is 0 Å². The predicted molar refractivity (Wildman–Crippen MR) is 39.9 cm³/mol. The van der Waals surface area contributed by atoms with Crippen molar-refractivity contribution < 1.29 is 29.2 Å². The molecule has 0 spiro atoms. The molecule has 0 aromatic rings. The largest absolute Gasteiger partial charge is 0.447 e. The molecule has 80 valence electrons. The van der Waals surface area contributed by atoms with Gasteiger partial charge in [0.2, 0.25) is 0 Å². The zero-order valence-corrected chi connectivity index (χ0v) is 7.08. The molecule has 3 N–H and O–H groups in total. The first-order valence-corrected chi connectivity index (χ1v) is 4.17. The van der Waals surface area contributed by atoms with E-state index in [0.29, 0.717) is 4.90 Å². The highest BCUT2D eigenvalue weighted by Gasteiger charge is 2.54. The van der Waals surface area contributed by atoms with E-state index < -0.39 is 36.7 Å². The molecule has 0 unspecified atom stereocenters. The maximum Gasteiger partial charge on any atom is 0.412 e. The van der Waals surface area contributed by atoms with Crippen LogP contribution in [0.2, 0.25) is 0 Å². The van der Waals surface area contributed by atoms with Crippen molar-refractivity contribution in [3.05, 3.63) is 0 Å². The number of carbonyl (C=O) groups is 1. The summed E-state index contributed by atoms with van der Waals surface area (Å²) < 4.78 is 17.6. The fourth-order valence-electron chi connectivity index (χ4n) is 1.76. The summed E-state index contributed by atoms with van der Waals surface area (Å²) in [5, 5.41) is 27.8. The van der Waals surface area contributed by atoms with Gasteiger partial charge in [0, 0.05) is 0 Å². The Balaban J connectivity index is 2.27. The highest BCUT2D eigenvalue weighted by atomic mass is 19.1. The average molecular weight is 207 g/mol. The molecule has 0 aromatic carbocycles. The number of ether oxygens (including phenoxy) is 1. The molecule has 0 radical (unpaired) electrons. The Labute approximate surface area is 78.5 Å². The molecule has 2 heterocycles. The summed E-state index contributed by atoms with van der Waals surface area (Å²) in [6, 6.07) is -0.875. The van der Waals surface area contributed by atoms with E-state index >= 15 is 0 Å². The first-order chi connectivity index (χ1) is 6.54. The SMILES string of the molecule is O=C1OC[C@@H]2[C@@H](O)[C@H](O)[C@H](F)[C@@H](O)N12. The van der Waals surface area contributed by atoms with E-state index in [1.54, 1.807) is 0 Å². The van der Waals surface area contributed by atoms with Crippen LogP contribution in [0, 0.1) is 0 Å². The van der Waals surface area contributed by atoms with Crippen LogP contribution in [0.5, 0.6) is 0 Å². The van der Waals surface area contributed by atoms with Gasteiger partial charge in [0.15, 0.2) is 12.4 Å². The number of piperidine rings is 1. The van der Waals surface area contributed by atoms with Gasteiger partial charge in [0.05, 0.1) is 0 Å². The van der Waals surface area contributed by atoms with Crippen LogP contribution in [0.1, 0.15) is 0 Å². The number of hydrogen-bond donors (Lipinski definition) is 3. The second-order valence-electron chi connectivity index (χ2n) is 3.39. The molecule has 14 heavy (non-hydrogen) atoms. The van der Waals surface area contributed by atoms with E-state index in [1.807, 2.05) is 0 Å². The third kappa shape index (κ3) is 1.09. The normalized spacial score (nSPS) is 47.6. The molecule has 5 atom stereocenters. The Morgan fingerprint density at radius 3 is 2.64 bits per heavy atom. The number of halogens is 1. The maximum absolute atomic E-state index is 13.1. The molecule has 0 bridgehead atoms. The fraction of sp³-hybridized carbons (Fsp3) is 0.857. The number of rotatable bonds is 0. The minimum Gasteiger partial charge on any atom is -0.447 e. The van der Waals surface area contributed by atoms with Gasteiger partial charge in [-0.25, -0.2) is 9.18 Å². The van der Waals surface area contributed by atoms with Crippen molar-refractivity contribution in [3.8, 4) is 0 Å². The molecule has 1 amide bonds. The Hall–Kier alpha value is -0.920. The van der Waals surface area contributed by atoms with E-state index in [2.05, 4.69) is 4.74 Å². The van der Waals surface area contributed by atoms with Gasteiger partial charge in [-0.2, -0.15) is 0 Å². The van der Waals surface area contributed by atoms with Gasteiger partial charge < -0.3 is 20.1 Å². The lowest BCUT2D eigenvalue weighted by atomic mass is 9.95. The van der Waals surface area contributed by atoms with Gasteiger partial charge in [0.25, 0.3) is 0 Å². The molecule has 0 aliphatic carbocycles. The zero-order chi connectivity index (χ0) is 10.5. The van der Waals surface area contributed by atoms with Crippen LogP contribution in [0.15, 0.2) is 0 Å². The Morgan fingerprint density at radius 2 is 2.00 bits per heavy atom. The topological polar surface area (TPSA) is 90.2 Å². The summed E-state index contributed by atoms with van der Waals surface area (Å²) in [7, 11) is 0. The minimum absolute atomic E-state index is 0.152. The van der Waals surface area contributed by atoms with Crippen LogP contribution in [0.4, 0.5) is 9.18 Å². The highest BCUT2D eigenvalue weighted by molar-refractivity contribution is 5.70. The van der Waals surface area contributed by atoms with E-state index in [1.165, 1.54) is 0 Å². The molecule has 2 saturated heterocycles. The number of cyclic esters (lactones) is 1. The Morgan fingerprint density at radius 1 is 1.36 bits per heavy atom. The lowest BCUT2D eigenvalue weighted by Crippen LogP contribution is -2.64. The van der Waals surface area contributed by atoms with Gasteiger partial charge in [-0.05, 0) is 0 Å². The molecule has 0 aromatic heterocycles. The summed E-state index contributed by atoms with van der Waals surface area (Å²) in [5.74, 6) is 0. The minimum atomic E-state index is -2.08. The first kappa shape index (κ1) is 9.63. The fourth-order valence-corrected chi connectivity index (χ4v) is 1.76. The second-order valence-corrected chi connectivity index (χ2v) is 3.39. The third-order valence-corrected chi connectivity index (χ3v) is 2.59. The quantitative estimate of drug-likeness (QED) is 0.436. The lowest BCUT2D eigenvalue weighted by Gasteiger charge is -2.40. The van der Waals surface area contributed by atoms with Crippen molar-refractivity contribution in [2.45, 2.75) is 30.6 Å². The standard InChI is InChI=1S/C7H10FNO5/c8-3-5(11)4(10)2-1-14-7(13)9(2)6(3)12/h2-6,10-12H,1H2/t2-,3+,4-,5-,6-/m1/s1. The summed E-state index contributed by atoms with van der Waals surface area (Å²) in [6.45, 7) is -0.152. The van der Waals surface area contributed by atoms with Gasteiger partial charge >= 0.3 is 6.09 Å². The third-order valence-electron chi connectivity index (χ3n) is 2.59. The number of aliphatic hydroxyl groups excluding tert-OH is 3. The monoisotopic (exact) mass is 207 g/mol. The van der Waals surface area contributed by atoms with Gasteiger partial charge in [-0.3, -0.25) is 4.90 Å². The molecule has 2 rings (SSSR count).